The molecule has 1 heterocycles. The van der Waals surface area contributed by atoms with Crippen LogP contribution in [0.25, 0.3) is 11.0 Å². The van der Waals surface area contributed by atoms with Gasteiger partial charge in [0.05, 0.1) is 23.7 Å². The lowest BCUT2D eigenvalue weighted by atomic mass is 10.1. The minimum Gasteiger partial charge on any atom is -0.493 e. The van der Waals surface area contributed by atoms with E-state index < -0.39 is 0 Å². The topological polar surface area (TPSA) is 56.2 Å². The Labute approximate surface area is 172 Å². The maximum atomic E-state index is 11.7. The van der Waals surface area contributed by atoms with Gasteiger partial charge in [0.1, 0.15) is 11.6 Å². The van der Waals surface area contributed by atoms with Gasteiger partial charge in [0.2, 0.25) is 5.91 Å². The van der Waals surface area contributed by atoms with Gasteiger partial charge in [-0.3, -0.25) is 4.79 Å². The lowest BCUT2D eigenvalue weighted by Crippen LogP contribution is -2.27. The molecule has 2 aromatic carbocycles. The van der Waals surface area contributed by atoms with Gasteiger partial charge in [-0.15, -0.1) is 0 Å². The molecule has 0 bridgehead atoms. The third kappa shape index (κ3) is 5.05. The number of aromatic nitrogens is 2. The molecule has 0 aliphatic rings. The van der Waals surface area contributed by atoms with E-state index in [-0.39, 0.29) is 11.9 Å². The average molecular weight is 392 g/mol. The summed E-state index contributed by atoms with van der Waals surface area (Å²) >= 11 is 0. The molecule has 0 aliphatic heterocycles. The van der Waals surface area contributed by atoms with Crippen molar-refractivity contribution in [3.05, 3.63) is 72.1 Å². The number of hydrogen-bond donors (Lipinski definition) is 1. The number of unbranched alkanes of at least 4 members (excludes halogenated alkanes) is 1. The summed E-state index contributed by atoms with van der Waals surface area (Å²) in [6.45, 7) is 11.1. The van der Waals surface area contributed by atoms with E-state index in [1.165, 1.54) is 11.6 Å². The number of nitrogens with zero attached hydrogens (tertiary/aromatic N) is 2. The van der Waals surface area contributed by atoms with Crippen molar-refractivity contribution in [2.45, 2.75) is 46.2 Å². The molecular weight excluding hydrogens is 362 g/mol. The monoisotopic (exact) mass is 391 g/mol. The summed E-state index contributed by atoms with van der Waals surface area (Å²) in [5.74, 6) is 1.62. The fraction of sp³-hybridized carbons (Fsp3) is 0.333. The number of carbonyl (C=O) groups is 1. The molecule has 0 aliphatic carbocycles. The van der Waals surface area contributed by atoms with Crippen molar-refractivity contribution in [2.24, 2.45) is 0 Å². The molecule has 3 aromatic rings. The molecule has 1 aromatic heterocycles. The zero-order valence-corrected chi connectivity index (χ0v) is 17.4. The molecule has 0 saturated heterocycles. The highest BCUT2D eigenvalue weighted by Gasteiger charge is 2.17. The van der Waals surface area contributed by atoms with Crippen molar-refractivity contribution < 1.29 is 9.53 Å². The van der Waals surface area contributed by atoms with Crippen molar-refractivity contribution in [3.63, 3.8) is 0 Å². The van der Waals surface area contributed by atoms with Gasteiger partial charge in [0.15, 0.2) is 0 Å². The molecule has 5 heteroatoms. The van der Waals surface area contributed by atoms with Gasteiger partial charge >= 0.3 is 0 Å². The number of nitrogens with one attached hydrogen (secondary N) is 1. The van der Waals surface area contributed by atoms with Crippen LogP contribution in [0.15, 0.2) is 55.1 Å². The van der Waals surface area contributed by atoms with E-state index in [2.05, 4.69) is 54.6 Å². The predicted octanol–water partition coefficient (Wildman–Crippen LogP) is 4.88. The molecule has 1 unspecified atom stereocenters. The molecule has 1 atom stereocenters. The largest absolute Gasteiger partial charge is 0.493 e. The molecule has 1 amide bonds. The fourth-order valence-corrected chi connectivity index (χ4v) is 3.41. The first-order valence-electron chi connectivity index (χ1n) is 10.1. The van der Waals surface area contributed by atoms with Gasteiger partial charge in [0.25, 0.3) is 0 Å². The summed E-state index contributed by atoms with van der Waals surface area (Å²) in [5, 5.41) is 2.92. The van der Waals surface area contributed by atoms with Crippen LogP contribution in [0, 0.1) is 13.8 Å². The van der Waals surface area contributed by atoms with Gasteiger partial charge in [0, 0.05) is 6.54 Å². The normalized spacial score (nSPS) is 12.0. The summed E-state index contributed by atoms with van der Waals surface area (Å²) in [5.41, 5.74) is 4.38. The highest BCUT2D eigenvalue weighted by molar-refractivity contribution is 5.87. The second-order valence-electron chi connectivity index (χ2n) is 7.37. The highest BCUT2D eigenvalue weighted by Crippen LogP contribution is 2.22. The number of benzene rings is 2. The summed E-state index contributed by atoms with van der Waals surface area (Å²) in [6.07, 6.45) is 3.18. The minimum atomic E-state index is -0.196. The molecule has 0 saturated carbocycles. The van der Waals surface area contributed by atoms with E-state index >= 15 is 0 Å². The van der Waals surface area contributed by atoms with Crippen LogP contribution in [0.3, 0.4) is 0 Å². The number of rotatable bonds is 9. The van der Waals surface area contributed by atoms with E-state index in [1.54, 1.807) is 0 Å². The minimum absolute atomic E-state index is 0.195. The molecule has 29 heavy (non-hydrogen) atoms. The number of fused-ring (bicyclic) bond motifs is 1. The fourth-order valence-electron chi connectivity index (χ4n) is 3.41. The number of hydrogen-bond acceptors (Lipinski definition) is 3. The van der Waals surface area contributed by atoms with Crippen LogP contribution in [-0.2, 0) is 11.3 Å². The maximum Gasteiger partial charge on any atom is 0.243 e. The highest BCUT2D eigenvalue weighted by atomic mass is 16.5. The smallest absolute Gasteiger partial charge is 0.243 e. The van der Waals surface area contributed by atoms with E-state index in [1.807, 2.05) is 25.1 Å². The molecule has 5 nitrogen and oxygen atoms in total. The number of ether oxygens (including phenoxy) is 1. The molecule has 0 fully saturated rings. The molecule has 0 radical (unpaired) electrons. The van der Waals surface area contributed by atoms with Crippen molar-refractivity contribution in [1.29, 1.82) is 0 Å². The standard InChI is InChI=1S/C24H29N3O2/c1-5-23(28)25-19(4)24-26-20-10-6-7-11-21(20)27(24)14-8-9-15-29-22-16-17(2)12-13-18(22)3/h5-7,10-13,16,19H,1,8-9,14-15H2,2-4H3,(H,25,28). The number of carbonyl (C=O) groups excluding carboxylic acids is 1. The molecule has 1 N–H and O–H groups in total. The van der Waals surface area contributed by atoms with Crippen LogP contribution in [0.1, 0.15) is 42.8 Å². The predicted molar refractivity (Wildman–Crippen MR) is 117 cm³/mol. The molecule has 0 spiro atoms. The van der Waals surface area contributed by atoms with E-state index in [9.17, 15) is 4.79 Å². The van der Waals surface area contributed by atoms with Gasteiger partial charge < -0.3 is 14.6 Å². The zero-order valence-electron chi connectivity index (χ0n) is 17.4. The summed E-state index contributed by atoms with van der Waals surface area (Å²) in [7, 11) is 0. The van der Waals surface area contributed by atoms with Gasteiger partial charge in [-0.2, -0.15) is 0 Å². The summed E-state index contributed by atoms with van der Waals surface area (Å²) in [4.78, 5) is 16.5. The van der Waals surface area contributed by atoms with E-state index in [4.69, 9.17) is 9.72 Å². The molecular formula is C24H29N3O2. The van der Waals surface area contributed by atoms with Crippen LogP contribution in [-0.4, -0.2) is 22.1 Å². The third-order valence-electron chi connectivity index (χ3n) is 4.99. The van der Waals surface area contributed by atoms with Crippen LogP contribution < -0.4 is 10.1 Å². The first-order valence-corrected chi connectivity index (χ1v) is 10.1. The Morgan fingerprint density at radius 1 is 1.24 bits per heavy atom. The molecule has 3 rings (SSSR count). The summed E-state index contributed by atoms with van der Waals surface area (Å²) in [6, 6.07) is 14.1. The number of aryl methyl sites for hydroxylation is 3. The van der Waals surface area contributed by atoms with Gasteiger partial charge in [-0.05, 0) is 69.0 Å². The van der Waals surface area contributed by atoms with Crippen molar-refractivity contribution >= 4 is 16.9 Å². The SMILES string of the molecule is C=CC(=O)NC(C)c1nc2ccccc2n1CCCCOc1cc(C)ccc1C. The van der Waals surface area contributed by atoms with Crippen molar-refractivity contribution in [3.8, 4) is 5.75 Å². The van der Waals surface area contributed by atoms with Crippen LogP contribution in [0.4, 0.5) is 0 Å². The Balaban J connectivity index is 1.65. The van der Waals surface area contributed by atoms with E-state index in [0.29, 0.717) is 6.61 Å². The second kappa shape index (κ2) is 9.41. The summed E-state index contributed by atoms with van der Waals surface area (Å²) < 4.78 is 8.17. The van der Waals surface area contributed by atoms with Crippen molar-refractivity contribution in [1.82, 2.24) is 14.9 Å². The lowest BCUT2D eigenvalue weighted by molar-refractivity contribution is -0.117. The Morgan fingerprint density at radius 2 is 2.03 bits per heavy atom. The number of para-hydroxylation sites is 2. The second-order valence-corrected chi connectivity index (χ2v) is 7.37. The van der Waals surface area contributed by atoms with Gasteiger partial charge in [-0.1, -0.05) is 30.8 Å². The Bertz CT molecular complexity index is 1010. The first-order chi connectivity index (χ1) is 14.0. The van der Waals surface area contributed by atoms with Crippen LogP contribution in [0.5, 0.6) is 5.75 Å². The first kappa shape index (κ1) is 20.6. The number of imidazole rings is 1. The van der Waals surface area contributed by atoms with Crippen LogP contribution in [0.2, 0.25) is 0 Å². The van der Waals surface area contributed by atoms with Crippen molar-refractivity contribution in [2.75, 3.05) is 6.61 Å². The molecule has 152 valence electrons. The number of amides is 1. The maximum absolute atomic E-state index is 11.7. The quantitative estimate of drug-likeness (QED) is 0.418. The van der Waals surface area contributed by atoms with E-state index in [0.717, 1.165) is 47.6 Å². The van der Waals surface area contributed by atoms with Gasteiger partial charge in [-0.25, -0.2) is 4.98 Å². The Kier molecular flexibility index (Phi) is 6.70. The Morgan fingerprint density at radius 3 is 2.83 bits per heavy atom. The Hall–Kier alpha value is -3.08. The lowest BCUT2D eigenvalue weighted by Gasteiger charge is -2.16. The average Bonchev–Trinajstić information content (AvgIpc) is 3.09. The third-order valence-corrected chi connectivity index (χ3v) is 4.99. The van der Waals surface area contributed by atoms with Crippen LogP contribution >= 0.6 is 0 Å². The zero-order chi connectivity index (χ0) is 20.8.